The lowest BCUT2D eigenvalue weighted by Crippen LogP contribution is -2.26. The molecule has 0 aromatic heterocycles. The van der Waals surface area contributed by atoms with Crippen LogP contribution in [0.2, 0.25) is 0 Å². The number of hydrogen-bond donors (Lipinski definition) is 1. The van der Waals surface area contributed by atoms with E-state index in [2.05, 4.69) is 18.7 Å². The number of benzene rings is 2. The summed E-state index contributed by atoms with van der Waals surface area (Å²) in [7, 11) is 1.80. The van der Waals surface area contributed by atoms with Crippen molar-refractivity contribution in [1.29, 1.82) is 0 Å². The van der Waals surface area contributed by atoms with E-state index in [1.165, 1.54) is 5.56 Å². The van der Waals surface area contributed by atoms with Gasteiger partial charge in [-0.15, -0.1) is 12.6 Å². The summed E-state index contributed by atoms with van der Waals surface area (Å²) in [4.78, 5) is 14.9. The third-order valence-electron chi connectivity index (χ3n) is 3.13. The average Bonchev–Trinajstić information content (AvgIpc) is 2.38. The van der Waals surface area contributed by atoms with Crippen molar-refractivity contribution in [3.63, 3.8) is 0 Å². The lowest BCUT2D eigenvalue weighted by atomic mass is 10.1. The highest BCUT2D eigenvalue weighted by molar-refractivity contribution is 7.80. The Morgan fingerprint density at radius 1 is 1.05 bits per heavy atom. The van der Waals surface area contributed by atoms with Gasteiger partial charge >= 0.3 is 0 Å². The van der Waals surface area contributed by atoms with Crippen LogP contribution in [0.3, 0.4) is 0 Å². The topological polar surface area (TPSA) is 20.3 Å². The van der Waals surface area contributed by atoms with Gasteiger partial charge in [-0.3, -0.25) is 4.79 Å². The summed E-state index contributed by atoms with van der Waals surface area (Å²) >= 11 is 4.22. The van der Waals surface area contributed by atoms with Gasteiger partial charge in [0.2, 0.25) is 0 Å². The SMILES string of the molecule is Cc1ccc(N(C)C(=O)c2ccc(S)cc2)c(C)c1. The van der Waals surface area contributed by atoms with E-state index in [1.54, 1.807) is 24.1 Å². The average molecular weight is 271 g/mol. The molecule has 0 fully saturated rings. The fraction of sp³-hybridized carbons (Fsp3) is 0.188. The first-order chi connectivity index (χ1) is 8.99. The number of thiol groups is 1. The van der Waals surface area contributed by atoms with Gasteiger partial charge in [0.25, 0.3) is 5.91 Å². The molecule has 0 radical (unpaired) electrons. The minimum atomic E-state index is -0.0136. The Labute approximate surface area is 119 Å². The van der Waals surface area contributed by atoms with Crippen molar-refractivity contribution in [2.24, 2.45) is 0 Å². The van der Waals surface area contributed by atoms with Crippen LogP contribution in [-0.4, -0.2) is 13.0 Å². The maximum atomic E-state index is 12.4. The van der Waals surface area contributed by atoms with E-state index in [0.717, 1.165) is 16.1 Å². The molecule has 0 aliphatic heterocycles. The second-order valence-corrected chi connectivity index (χ2v) is 5.22. The summed E-state index contributed by atoms with van der Waals surface area (Å²) < 4.78 is 0. The van der Waals surface area contributed by atoms with Crippen LogP contribution in [0.4, 0.5) is 5.69 Å². The lowest BCUT2D eigenvalue weighted by Gasteiger charge is -2.20. The Balaban J connectivity index is 2.30. The molecule has 0 spiro atoms. The van der Waals surface area contributed by atoms with Gasteiger partial charge in [0.1, 0.15) is 0 Å². The first-order valence-corrected chi connectivity index (χ1v) is 6.58. The standard InChI is InChI=1S/C16H17NOS/c1-11-4-9-15(12(2)10-11)17(3)16(18)13-5-7-14(19)8-6-13/h4-10,19H,1-3H3. The Morgan fingerprint density at radius 2 is 1.68 bits per heavy atom. The van der Waals surface area contributed by atoms with Gasteiger partial charge < -0.3 is 4.90 Å². The van der Waals surface area contributed by atoms with Crippen LogP contribution < -0.4 is 4.90 Å². The van der Waals surface area contributed by atoms with Crippen LogP contribution in [-0.2, 0) is 0 Å². The molecule has 0 saturated carbocycles. The van der Waals surface area contributed by atoms with Gasteiger partial charge in [-0.1, -0.05) is 17.7 Å². The molecule has 2 aromatic carbocycles. The molecule has 98 valence electrons. The largest absolute Gasteiger partial charge is 0.311 e. The van der Waals surface area contributed by atoms with Gasteiger partial charge in [-0.25, -0.2) is 0 Å². The van der Waals surface area contributed by atoms with Gasteiger partial charge in [0.15, 0.2) is 0 Å². The van der Waals surface area contributed by atoms with E-state index in [1.807, 2.05) is 38.1 Å². The number of amides is 1. The zero-order valence-corrected chi connectivity index (χ0v) is 12.2. The van der Waals surface area contributed by atoms with Gasteiger partial charge in [-0.2, -0.15) is 0 Å². The quantitative estimate of drug-likeness (QED) is 0.822. The second kappa shape index (κ2) is 5.49. The summed E-state index contributed by atoms with van der Waals surface area (Å²) in [5, 5.41) is 0. The number of rotatable bonds is 2. The summed E-state index contributed by atoms with van der Waals surface area (Å²) in [6.07, 6.45) is 0. The third-order valence-corrected chi connectivity index (χ3v) is 3.43. The Kier molecular flexibility index (Phi) is 3.96. The van der Waals surface area contributed by atoms with Crippen LogP contribution >= 0.6 is 12.6 Å². The van der Waals surface area contributed by atoms with E-state index < -0.39 is 0 Å². The monoisotopic (exact) mass is 271 g/mol. The molecule has 0 unspecified atom stereocenters. The Hall–Kier alpha value is -1.74. The van der Waals surface area contributed by atoms with E-state index in [4.69, 9.17) is 0 Å². The van der Waals surface area contributed by atoms with Crippen molar-refractivity contribution in [3.05, 3.63) is 59.2 Å². The van der Waals surface area contributed by atoms with Gasteiger partial charge in [0, 0.05) is 23.2 Å². The first-order valence-electron chi connectivity index (χ1n) is 6.13. The first kappa shape index (κ1) is 13.7. The maximum absolute atomic E-state index is 12.4. The molecule has 2 rings (SSSR count). The van der Waals surface area contributed by atoms with Crippen molar-refractivity contribution >= 4 is 24.2 Å². The highest BCUT2D eigenvalue weighted by Crippen LogP contribution is 2.22. The number of aryl methyl sites for hydroxylation is 2. The number of carbonyl (C=O) groups excluding carboxylic acids is 1. The fourth-order valence-corrected chi connectivity index (χ4v) is 2.24. The minimum Gasteiger partial charge on any atom is -0.311 e. The number of anilines is 1. The normalized spacial score (nSPS) is 10.3. The molecular weight excluding hydrogens is 254 g/mol. The van der Waals surface area contributed by atoms with Crippen molar-refractivity contribution in [3.8, 4) is 0 Å². The van der Waals surface area contributed by atoms with Crippen LogP contribution in [0.1, 0.15) is 21.5 Å². The summed E-state index contributed by atoms with van der Waals surface area (Å²) in [5.41, 5.74) is 3.90. The molecule has 19 heavy (non-hydrogen) atoms. The van der Waals surface area contributed by atoms with Gasteiger partial charge in [-0.05, 0) is 49.7 Å². The van der Waals surface area contributed by atoms with E-state index in [-0.39, 0.29) is 5.91 Å². The predicted molar refractivity (Wildman–Crippen MR) is 82.3 cm³/mol. The van der Waals surface area contributed by atoms with E-state index in [0.29, 0.717) is 5.56 Å². The van der Waals surface area contributed by atoms with Gasteiger partial charge in [0.05, 0.1) is 0 Å². The minimum absolute atomic E-state index is 0.0136. The summed E-state index contributed by atoms with van der Waals surface area (Å²) in [5.74, 6) is -0.0136. The molecule has 0 atom stereocenters. The van der Waals surface area contributed by atoms with Crippen LogP contribution in [0.15, 0.2) is 47.4 Å². The molecule has 0 aliphatic rings. The molecular formula is C16H17NOS. The van der Waals surface area contributed by atoms with Crippen molar-refractivity contribution in [2.45, 2.75) is 18.7 Å². The number of carbonyl (C=O) groups is 1. The molecule has 0 aliphatic carbocycles. The molecule has 3 heteroatoms. The van der Waals surface area contributed by atoms with Crippen LogP contribution in [0, 0.1) is 13.8 Å². The molecule has 0 N–H and O–H groups in total. The second-order valence-electron chi connectivity index (χ2n) is 4.70. The summed E-state index contributed by atoms with van der Waals surface area (Å²) in [6.45, 7) is 4.06. The van der Waals surface area contributed by atoms with Crippen molar-refractivity contribution in [1.82, 2.24) is 0 Å². The Bertz CT molecular complexity index is 605. The smallest absolute Gasteiger partial charge is 0.258 e. The summed E-state index contributed by atoms with van der Waals surface area (Å²) in [6, 6.07) is 13.3. The zero-order valence-electron chi connectivity index (χ0n) is 11.3. The van der Waals surface area contributed by atoms with Crippen LogP contribution in [0.25, 0.3) is 0 Å². The Morgan fingerprint density at radius 3 is 2.26 bits per heavy atom. The van der Waals surface area contributed by atoms with Crippen molar-refractivity contribution in [2.75, 3.05) is 11.9 Å². The molecule has 0 saturated heterocycles. The number of nitrogens with zero attached hydrogens (tertiary/aromatic N) is 1. The molecule has 0 heterocycles. The molecule has 1 amide bonds. The highest BCUT2D eigenvalue weighted by atomic mass is 32.1. The lowest BCUT2D eigenvalue weighted by molar-refractivity contribution is 0.0993. The molecule has 2 aromatic rings. The molecule has 0 bridgehead atoms. The zero-order chi connectivity index (χ0) is 14.0. The van der Waals surface area contributed by atoms with E-state index in [9.17, 15) is 4.79 Å². The third kappa shape index (κ3) is 2.99. The fourth-order valence-electron chi connectivity index (χ4n) is 2.09. The highest BCUT2D eigenvalue weighted by Gasteiger charge is 2.14. The van der Waals surface area contributed by atoms with Crippen molar-refractivity contribution < 1.29 is 4.79 Å². The molecule has 2 nitrogen and oxygen atoms in total. The number of hydrogen-bond acceptors (Lipinski definition) is 2. The maximum Gasteiger partial charge on any atom is 0.258 e. The predicted octanol–water partition coefficient (Wildman–Crippen LogP) is 3.87. The van der Waals surface area contributed by atoms with Crippen LogP contribution in [0.5, 0.6) is 0 Å². The van der Waals surface area contributed by atoms with E-state index >= 15 is 0 Å².